The van der Waals surface area contributed by atoms with E-state index in [1.54, 1.807) is 0 Å². The first-order valence-corrected chi connectivity index (χ1v) is 8.19. The fourth-order valence-corrected chi connectivity index (χ4v) is 3.72. The van der Waals surface area contributed by atoms with Crippen molar-refractivity contribution in [3.63, 3.8) is 0 Å². The van der Waals surface area contributed by atoms with Gasteiger partial charge in [0, 0.05) is 17.9 Å². The van der Waals surface area contributed by atoms with Gasteiger partial charge in [-0.2, -0.15) is 0 Å². The van der Waals surface area contributed by atoms with Crippen LogP contribution in [0.25, 0.3) is 0 Å². The summed E-state index contributed by atoms with van der Waals surface area (Å²) in [6, 6.07) is 0. The molecule has 0 aromatic heterocycles. The highest BCUT2D eigenvalue weighted by atomic mass is 16.6. The Bertz CT molecular complexity index is 478. The first-order valence-electron chi connectivity index (χ1n) is 8.19. The third-order valence-corrected chi connectivity index (χ3v) is 5.65. The largest absolute Gasteiger partial charge is 0.512 e. The third kappa shape index (κ3) is 2.38. The van der Waals surface area contributed by atoms with Crippen LogP contribution in [0.1, 0.15) is 52.9 Å². The summed E-state index contributed by atoms with van der Waals surface area (Å²) in [5.74, 6) is 1.56. The molecule has 4 nitrogen and oxygen atoms in total. The molecule has 0 saturated heterocycles. The average molecular weight is 293 g/mol. The molecule has 0 radical (unpaired) electrons. The van der Waals surface area contributed by atoms with Crippen molar-refractivity contribution in [2.45, 2.75) is 58.5 Å². The second-order valence-corrected chi connectivity index (χ2v) is 6.96. The van der Waals surface area contributed by atoms with Gasteiger partial charge in [-0.05, 0) is 50.7 Å². The van der Waals surface area contributed by atoms with Gasteiger partial charge in [0.2, 0.25) is 0 Å². The molecular formula is C17H27NO3. The van der Waals surface area contributed by atoms with Gasteiger partial charge in [0.05, 0.1) is 12.4 Å². The molecule has 3 rings (SSSR count). The summed E-state index contributed by atoms with van der Waals surface area (Å²) in [5.41, 5.74) is 4.03. The van der Waals surface area contributed by atoms with E-state index in [0.29, 0.717) is 18.9 Å². The number of allylic oxidation sites excluding steroid dienone is 3. The third-order valence-electron chi connectivity index (χ3n) is 5.65. The SMILES string of the molecule is CCONCC1(C)C2=C(C=C(O)C1C)CCC1(CCC1)O2. The predicted octanol–water partition coefficient (Wildman–Crippen LogP) is 3.61. The maximum Gasteiger partial charge on any atom is 0.109 e. The van der Waals surface area contributed by atoms with E-state index in [9.17, 15) is 5.11 Å². The van der Waals surface area contributed by atoms with Crippen LogP contribution in [0.15, 0.2) is 23.2 Å². The first kappa shape index (κ1) is 14.9. The van der Waals surface area contributed by atoms with Gasteiger partial charge in [0.15, 0.2) is 0 Å². The summed E-state index contributed by atoms with van der Waals surface area (Å²) in [5, 5.41) is 10.3. The molecule has 1 heterocycles. The van der Waals surface area contributed by atoms with Crippen LogP contribution in [0.2, 0.25) is 0 Å². The highest BCUT2D eigenvalue weighted by molar-refractivity contribution is 5.37. The molecule has 21 heavy (non-hydrogen) atoms. The van der Waals surface area contributed by atoms with E-state index in [2.05, 4.69) is 19.3 Å². The molecule has 1 saturated carbocycles. The van der Waals surface area contributed by atoms with Crippen LogP contribution in [0.4, 0.5) is 0 Å². The highest BCUT2D eigenvalue weighted by Crippen LogP contribution is 2.54. The normalized spacial score (nSPS) is 34.0. The smallest absolute Gasteiger partial charge is 0.109 e. The van der Waals surface area contributed by atoms with Gasteiger partial charge in [-0.25, -0.2) is 5.48 Å². The maximum atomic E-state index is 10.3. The van der Waals surface area contributed by atoms with Gasteiger partial charge < -0.3 is 14.7 Å². The molecule has 2 aliphatic carbocycles. The van der Waals surface area contributed by atoms with Crippen molar-refractivity contribution in [2.24, 2.45) is 11.3 Å². The summed E-state index contributed by atoms with van der Waals surface area (Å²) in [6.45, 7) is 7.47. The zero-order valence-corrected chi connectivity index (χ0v) is 13.4. The minimum Gasteiger partial charge on any atom is -0.512 e. The van der Waals surface area contributed by atoms with Gasteiger partial charge in [0.25, 0.3) is 0 Å². The van der Waals surface area contributed by atoms with Crippen LogP contribution in [-0.4, -0.2) is 23.9 Å². The quantitative estimate of drug-likeness (QED) is 0.614. The Morgan fingerprint density at radius 2 is 2.19 bits per heavy atom. The summed E-state index contributed by atoms with van der Waals surface area (Å²) in [6.07, 6.45) is 7.63. The number of hydrogen-bond donors (Lipinski definition) is 2. The van der Waals surface area contributed by atoms with Crippen molar-refractivity contribution in [1.82, 2.24) is 5.48 Å². The summed E-state index contributed by atoms with van der Waals surface area (Å²) in [7, 11) is 0. The first-order chi connectivity index (χ1) is 10.0. The van der Waals surface area contributed by atoms with Gasteiger partial charge in [0.1, 0.15) is 11.4 Å². The van der Waals surface area contributed by atoms with Crippen molar-refractivity contribution in [3.05, 3.63) is 23.2 Å². The molecule has 2 atom stereocenters. The van der Waals surface area contributed by atoms with Gasteiger partial charge in [-0.1, -0.05) is 13.8 Å². The van der Waals surface area contributed by atoms with Gasteiger partial charge in [-0.15, -0.1) is 0 Å². The van der Waals surface area contributed by atoms with Crippen molar-refractivity contribution < 1.29 is 14.7 Å². The molecule has 3 aliphatic rings. The van der Waals surface area contributed by atoms with Crippen LogP contribution in [0, 0.1) is 11.3 Å². The molecule has 4 heteroatoms. The van der Waals surface area contributed by atoms with Crippen molar-refractivity contribution in [1.29, 1.82) is 0 Å². The Balaban J connectivity index is 1.89. The zero-order valence-electron chi connectivity index (χ0n) is 13.4. The molecule has 1 fully saturated rings. The Morgan fingerprint density at radius 3 is 2.81 bits per heavy atom. The molecule has 2 N–H and O–H groups in total. The lowest BCUT2D eigenvalue weighted by Gasteiger charge is -2.52. The standard InChI is InChI=1S/C17H27NO3/c1-4-20-18-11-16(3)12(2)14(19)10-13-6-9-17(7-5-8-17)21-15(13)16/h10,12,18-19H,4-9,11H2,1-3H3. The number of aliphatic hydroxyl groups is 1. The van der Waals surface area contributed by atoms with Crippen LogP contribution in [0.5, 0.6) is 0 Å². The van der Waals surface area contributed by atoms with E-state index < -0.39 is 0 Å². The lowest BCUT2D eigenvalue weighted by molar-refractivity contribution is -0.111. The molecule has 1 spiro atoms. The fraction of sp³-hybridized carbons (Fsp3) is 0.765. The minimum atomic E-state index is -0.258. The van der Waals surface area contributed by atoms with Crippen LogP contribution >= 0.6 is 0 Å². The van der Waals surface area contributed by atoms with E-state index in [1.807, 2.05) is 13.0 Å². The number of ether oxygens (including phenoxy) is 1. The highest BCUT2D eigenvalue weighted by Gasteiger charge is 2.50. The van der Waals surface area contributed by atoms with Crippen molar-refractivity contribution >= 4 is 0 Å². The van der Waals surface area contributed by atoms with Crippen molar-refractivity contribution in [2.75, 3.05) is 13.2 Å². The van der Waals surface area contributed by atoms with Gasteiger partial charge >= 0.3 is 0 Å². The Labute approximate surface area is 127 Å². The Morgan fingerprint density at radius 1 is 1.43 bits per heavy atom. The summed E-state index contributed by atoms with van der Waals surface area (Å²) < 4.78 is 6.51. The monoisotopic (exact) mass is 293 g/mol. The maximum absolute atomic E-state index is 10.3. The van der Waals surface area contributed by atoms with E-state index in [0.717, 1.165) is 18.6 Å². The average Bonchev–Trinajstić information content (AvgIpc) is 2.44. The van der Waals surface area contributed by atoms with Crippen LogP contribution < -0.4 is 5.48 Å². The van der Waals surface area contributed by atoms with Crippen molar-refractivity contribution in [3.8, 4) is 0 Å². The Kier molecular flexibility index (Phi) is 3.78. The summed E-state index contributed by atoms with van der Waals surface area (Å²) in [4.78, 5) is 5.33. The zero-order chi connectivity index (χ0) is 15.1. The molecule has 0 aromatic rings. The number of hydroxylamine groups is 1. The van der Waals surface area contributed by atoms with E-state index in [1.165, 1.54) is 24.8 Å². The second-order valence-electron chi connectivity index (χ2n) is 6.96. The fourth-order valence-electron chi connectivity index (χ4n) is 3.72. The van der Waals surface area contributed by atoms with Crippen LogP contribution in [0.3, 0.4) is 0 Å². The Hall–Kier alpha value is -1.00. The molecule has 1 aliphatic heterocycles. The van der Waals surface area contributed by atoms with E-state index in [-0.39, 0.29) is 16.9 Å². The number of hydrogen-bond acceptors (Lipinski definition) is 4. The predicted molar refractivity (Wildman–Crippen MR) is 81.5 cm³/mol. The lowest BCUT2D eigenvalue weighted by Crippen LogP contribution is -2.49. The van der Waals surface area contributed by atoms with Crippen LogP contribution in [-0.2, 0) is 9.57 Å². The molecule has 118 valence electrons. The number of aliphatic hydroxyl groups excluding tert-OH is 1. The van der Waals surface area contributed by atoms with E-state index in [4.69, 9.17) is 9.57 Å². The molecule has 0 amide bonds. The van der Waals surface area contributed by atoms with E-state index >= 15 is 0 Å². The molecule has 0 bridgehead atoms. The molecule has 0 aromatic carbocycles. The molecular weight excluding hydrogens is 266 g/mol. The topological polar surface area (TPSA) is 50.7 Å². The number of rotatable bonds is 4. The minimum absolute atomic E-state index is 0.0273. The lowest BCUT2D eigenvalue weighted by atomic mass is 9.66. The van der Waals surface area contributed by atoms with Gasteiger partial charge in [-0.3, -0.25) is 0 Å². The summed E-state index contributed by atoms with van der Waals surface area (Å²) >= 11 is 0. The number of nitrogens with one attached hydrogen (secondary N) is 1. The second kappa shape index (κ2) is 5.33. The molecule has 2 unspecified atom stereocenters.